The van der Waals surface area contributed by atoms with E-state index >= 15 is 0 Å². The fraction of sp³-hybridized carbons (Fsp3) is 0. The number of carboxylic acids is 1. The Bertz CT molecular complexity index is 704. The molecule has 0 aliphatic carbocycles. The fourth-order valence-corrected chi connectivity index (χ4v) is 1.91. The molecule has 0 aliphatic rings. The van der Waals surface area contributed by atoms with Gasteiger partial charge in [0.1, 0.15) is 5.69 Å². The summed E-state index contributed by atoms with van der Waals surface area (Å²) in [4.78, 5) is 21.4. The van der Waals surface area contributed by atoms with Crippen LogP contribution in [0.15, 0.2) is 36.4 Å². The molecule has 0 unspecified atom stereocenters. The van der Waals surface area contributed by atoms with Gasteiger partial charge >= 0.3 is 5.97 Å². The number of nitrogens with one attached hydrogen (secondary N) is 1. The molecule has 0 aromatic heterocycles. The molecule has 0 fully saturated rings. The van der Waals surface area contributed by atoms with E-state index in [0.717, 1.165) is 6.07 Å². The van der Waals surface area contributed by atoms with Crippen LogP contribution < -0.4 is 5.32 Å². The van der Waals surface area contributed by atoms with E-state index in [1.807, 2.05) is 0 Å². The van der Waals surface area contributed by atoms with Gasteiger partial charge in [0.2, 0.25) is 0 Å². The van der Waals surface area contributed by atoms with E-state index in [1.54, 1.807) is 0 Å². The number of hydrogen-bond donors (Lipinski definition) is 2. The van der Waals surface area contributed by atoms with Crippen LogP contribution in [0.1, 0.15) is 10.4 Å². The third kappa shape index (κ3) is 2.92. The summed E-state index contributed by atoms with van der Waals surface area (Å²) >= 11 is 5.62. The lowest BCUT2D eigenvalue weighted by Gasteiger charge is -2.11. The van der Waals surface area contributed by atoms with Crippen LogP contribution in [0.4, 0.5) is 21.5 Å². The maximum absolute atomic E-state index is 13.8. The van der Waals surface area contributed by atoms with E-state index in [1.165, 1.54) is 30.3 Å². The summed E-state index contributed by atoms with van der Waals surface area (Å²) in [7, 11) is 0. The Hall–Kier alpha value is -2.67. The summed E-state index contributed by atoms with van der Waals surface area (Å²) in [5.74, 6) is -2.20. The van der Waals surface area contributed by atoms with Crippen molar-refractivity contribution < 1.29 is 19.2 Å². The summed E-state index contributed by atoms with van der Waals surface area (Å²) in [6.07, 6.45) is 0. The normalized spacial score (nSPS) is 10.2. The van der Waals surface area contributed by atoms with E-state index in [0.29, 0.717) is 0 Å². The smallest absolute Gasteiger partial charge is 0.338 e. The van der Waals surface area contributed by atoms with Crippen molar-refractivity contribution in [2.75, 3.05) is 5.32 Å². The third-order valence-electron chi connectivity index (χ3n) is 2.68. The molecule has 108 valence electrons. The number of nitrogens with zero attached hydrogens (tertiary/aromatic N) is 1. The molecule has 0 heterocycles. The predicted octanol–water partition coefficient (Wildman–Crippen LogP) is 3.83. The maximum atomic E-state index is 13.8. The van der Waals surface area contributed by atoms with E-state index in [2.05, 4.69) is 5.32 Å². The van der Waals surface area contributed by atoms with Crippen molar-refractivity contribution >= 4 is 34.6 Å². The number of halogens is 2. The number of carbonyl (C=O) groups is 1. The highest BCUT2D eigenvalue weighted by atomic mass is 35.5. The molecule has 2 N–H and O–H groups in total. The van der Waals surface area contributed by atoms with Crippen molar-refractivity contribution in [1.82, 2.24) is 0 Å². The first-order valence-electron chi connectivity index (χ1n) is 5.63. The lowest BCUT2D eigenvalue weighted by Crippen LogP contribution is -2.06. The van der Waals surface area contributed by atoms with Crippen LogP contribution >= 0.6 is 11.6 Å². The van der Waals surface area contributed by atoms with Gasteiger partial charge in [-0.15, -0.1) is 0 Å². The average molecular weight is 311 g/mol. The van der Waals surface area contributed by atoms with Gasteiger partial charge in [0, 0.05) is 6.07 Å². The lowest BCUT2D eigenvalue weighted by atomic mass is 10.1. The molecule has 0 amide bonds. The number of hydrogen-bond acceptors (Lipinski definition) is 4. The Kier molecular flexibility index (Phi) is 4.04. The van der Waals surface area contributed by atoms with Gasteiger partial charge in [-0.3, -0.25) is 10.1 Å². The standard InChI is InChI=1S/C13H8ClFN2O4/c14-8-4-2-5-9(11(8)15)16-12-7(13(18)19)3-1-6-10(12)17(20)21/h1-6,16H,(H,18,19). The maximum Gasteiger partial charge on any atom is 0.338 e. The zero-order valence-electron chi connectivity index (χ0n) is 10.3. The van der Waals surface area contributed by atoms with Crippen LogP contribution in [0.25, 0.3) is 0 Å². The van der Waals surface area contributed by atoms with E-state index in [-0.39, 0.29) is 22.0 Å². The number of nitro benzene ring substituents is 1. The number of para-hydroxylation sites is 1. The monoisotopic (exact) mass is 310 g/mol. The Morgan fingerprint density at radius 1 is 1.29 bits per heavy atom. The second-order valence-electron chi connectivity index (χ2n) is 3.99. The molecule has 0 saturated heterocycles. The van der Waals surface area contributed by atoms with Gasteiger partial charge in [-0.05, 0) is 18.2 Å². The minimum absolute atomic E-state index is 0.153. The van der Waals surface area contributed by atoms with Crippen molar-refractivity contribution in [3.05, 3.63) is 62.9 Å². The Balaban J connectivity index is 2.59. The van der Waals surface area contributed by atoms with Gasteiger partial charge < -0.3 is 10.4 Å². The van der Waals surface area contributed by atoms with Gasteiger partial charge in [0.05, 0.1) is 21.2 Å². The SMILES string of the molecule is O=C(O)c1cccc([N+](=O)[O-])c1Nc1cccc(Cl)c1F. The van der Waals surface area contributed by atoms with Crippen LogP contribution in [0.3, 0.4) is 0 Å². The second kappa shape index (κ2) is 5.76. The van der Waals surface area contributed by atoms with Crippen LogP contribution in [-0.2, 0) is 0 Å². The van der Waals surface area contributed by atoms with Crippen molar-refractivity contribution in [2.45, 2.75) is 0 Å². The van der Waals surface area contributed by atoms with Crippen LogP contribution in [0.5, 0.6) is 0 Å². The van der Waals surface area contributed by atoms with Gasteiger partial charge in [-0.1, -0.05) is 23.7 Å². The third-order valence-corrected chi connectivity index (χ3v) is 2.97. The first-order valence-corrected chi connectivity index (χ1v) is 6.01. The fourth-order valence-electron chi connectivity index (χ4n) is 1.74. The van der Waals surface area contributed by atoms with E-state index in [9.17, 15) is 19.3 Å². The Morgan fingerprint density at radius 2 is 1.95 bits per heavy atom. The molecular formula is C13H8ClFN2O4. The van der Waals surface area contributed by atoms with Crippen molar-refractivity contribution in [3.8, 4) is 0 Å². The van der Waals surface area contributed by atoms with E-state index in [4.69, 9.17) is 16.7 Å². The Morgan fingerprint density at radius 3 is 2.57 bits per heavy atom. The van der Waals surface area contributed by atoms with Crippen molar-refractivity contribution in [1.29, 1.82) is 0 Å². The predicted molar refractivity (Wildman–Crippen MR) is 74.7 cm³/mol. The first kappa shape index (κ1) is 14.7. The highest BCUT2D eigenvalue weighted by Crippen LogP contribution is 2.33. The topological polar surface area (TPSA) is 92.5 Å². The van der Waals surface area contributed by atoms with Gasteiger partial charge in [-0.2, -0.15) is 0 Å². The Labute approximate surface area is 122 Å². The molecule has 6 nitrogen and oxygen atoms in total. The zero-order valence-corrected chi connectivity index (χ0v) is 11.1. The largest absolute Gasteiger partial charge is 0.478 e. The number of carboxylic acid groups (broad SMARTS) is 1. The number of aromatic carboxylic acids is 1. The molecule has 0 aliphatic heterocycles. The molecule has 0 spiro atoms. The number of rotatable bonds is 4. The summed E-state index contributed by atoms with van der Waals surface area (Å²) in [6.45, 7) is 0. The van der Waals surface area contributed by atoms with Crippen molar-refractivity contribution in [2.24, 2.45) is 0 Å². The van der Waals surface area contributed by atoms with Crippen LogP contribution in [-0.4, -0.2) is 16.0 Å². The summed E-state index contributed by atoms with van der Waals surface area (Å²) in [5.41, 5.74) is -1.28. The second-order valence-corrected chi connectivity index (χ2v) is 4.40. The highest BCUT2D eigenvalue weighted by Gasteiger charge is 2.22. The zero-order chi connectivity index (χ0) is 15.6. The summed E-state index contributed by atoms with van der Waals surface area (Å²) < 4.78 is 13.8. The highest BCUT2D eigenvalue weighted by molar-refractivity contribution is 6.31. The molecule has 0 saturated carbocycles. The number of anilines is 2. The summed E-state index contributed by atoms with van der Waals surface area (Å²) in [5, 5.41) is 22.3. The molecular weight excluding hydrogens is 303 g/mol. The van der Waals surface area contributed by atoms with Gasteiger partial charge in [0.15, 0.2) is 5.82 Å². The molecule has 0 bridgehead atoms. The minimum Gasteiger partial charge on any atom is -0.478 e. The van der Waals surface area contributed by atoms with Gasteiger partial charge in [-0.25, -0.2) is 9.18 Å². The lowest BCUT2D eigenvalue weighted by molar-refractivity contribution is -0.383. The first-order chi connectivity index (χ1) is 9.91. The average Bonchev–Trinajstić information content (AvgIpc) is 2.43. The molecule has 0 atom stereocenters. The number of benzene rings is 2. The molecule has 8 heteroatoms. The van der Waals surface area contributed by atoms with Crippen molar-refractivity contribution in [3.63, 3.8) is 0 Å². The summed E-state index contributed by atoms with van der Waals surface area (Å²) in [6, 6.07) is 7.57. The number of nitro groups is 1. The molecule has 0 radical (unpaired) electrons. The van der Waals surface area contributed by atoms with E-state index < -0.39 is 22.4 Å². The van der Waals surface area contributed by atoms with Crippen LogP contribution in [0.2, 0.25) is 5.02 Å². The molecule has 21 heavy (non-hydrogen) atoms. The molecule has 2 aromatic carbocycles. The molecule has 2 aromatic rings. The van der Waals surface area contributed by atoms with Crippen LogP contribution in [0, 0.1) is 15.9 Å². The van der Waals surface area contributed by atoms with Gasteiger partial charge in [0.25, 0.3) is 5.69 Å². The minimum atomic E-state index is -1.37. The molecule has 2 rings (SSSR count). The quantitative estimate of drug-likeness (QED) is 0.661.